The highest BCUT2D eigenvalue weighted by atomic mass is 16.5. The number of carbonyl (C=O) groups is 4. The predicted octanol–water partition coefficient (Wildman–Crippen LogP) is 2.08. The standard InChI is InChI=1S/C21H38N2O7/c1-4-7-8-9-10-11-12-18(24)23(15-19(25)26)14-13-22(16-20(27)29-5-2)17-21(28)30-6-3/h4-17H2,1-3H3,(H,25,26). The Morgan fingerprint density at radius 2 is 1.27 bits per heavy atom. The van der Waals surface area contributed by atoms with E-state index in [0.29, 0.717) is 6.42 Å². The minimum atomic E-state index is -1.10. The molecule has 0 atom stereocenters. The summed E-state index contributed by atoms with van der Waals surface area (Å²) in [5, 5.41) is 9.14. The highest BCUT2D eigenvalue weighted by molar-refractivity contribution is 5.81. The fraction of sp³-hybridized carbons (Fsp3) is 0.810. The van der Waals surface area contributed by atoms with Crippen LogP contribution in [0, 0.1) is 0 Å². The van der Waals surface area contributed by atoms with Crippen LogP contribution in [0.5, 0.6) is 0 Å². The van der Waals surface area contributed by atoms with Crippen LogP contribution in [0.15, 0.2) is 0 Å². The number of esters is 2. The first-order valence-electron chi connectivity index (χ1n) is 10.9. The second-order valence-corrected chi connectivity index (χ2v) is 7.05. The zero-order valence-electron chi connectivity index (χ0n) is 18.7. The molecule has 1 N–H and O–H groups in total. The topological polar surface area (TPSA) is 113 Å². The molecule has 0 radical (unpaired) electrons. The Kier molecular flexibility index (Phi) is 16.4. The molecular formula is C21H38N2O7. The molecule has 0 unspecified atom stereocenters. The van der Waals surface area contributed by atoms with Gasteiger partial charge < -0.3 is 19.5 Å². The monoisotopic (exact) mass is 430 g/mol. The van der Waals surface area contributed by atoms with Crippen molar-refractivity contribution in [3.8, 4) is 0 Å². The molecule has 30 heavy (non-hydrogen) atoms. The molecule has 0 heterocycles. The van der Waals surface area contributed by atoms with Crippen LogP contribution in [0.25, 0.3) is 0 Å². The van der Waals surface area contributed by atoms with Crippen molar-refractivity contribution in [2.45, 2.75) is 65.7 Å². The molecule has 0 saturated heterocycles. The van der Waals surface area contributed by atoms with Crippen LogP contribution >= 0.6 is 0 Å². The van der Waals surface area contributed by atoms with E-state index in [2.05, 4.69) is 6.92 Å². The number of hydrogen-bond donors (Lipinski definition) is 1. The molecule has 0 saturated carbocycles. The number of ether oxygens (including phenoxy) is 2. The Balaban J connectivity index is 4.76. The van der Waals surface area contributed by atoms with E-state index in [4.69, 9.17) is 14.6 Å². The highest BCUT2D eigenvalue weighted by Gasteiger charge is 2.21. The van der Waals surface area contributed by atoms with E-state index < -0.39 is 24.5 Å². The molecule has 1 amide bonds. The van der Waals surface area contributed by atoms with Gasteiger partial charge in [0.05, 0.1) is 26.3 Å². The first-order valence-corrected chi connectivity index (χ1v) is 10.9. The normalized spacial score (nSPS) is 10.7. The molecule has 0 spiro atoms. The molecule has 0 aliphatic carbocycles. The molecule has 0 fully saturated rings. The number of unbranched alkanes of at least 4 members (excludes halogenated alkanes) is 5. The van der Waals surface area contributed by atoms with Gasteiger partial charge in [-0.25, -0.2) is 0 Å². The second-order valence-electron chi connectivity index (χ2n) is 7.05. The highest BCUT2D eigenvalue weighted by Crippen LogP contribution is 2.09. The Bertz CT molecular complexity index is 505. The molecule has 0 bridgehead atoms. The quantitative estimate of drug-likeness (QED) is 0.260. The van der Waals surface area contributed by atoms with Crippen molar-refractivity contribution in [2.24, 2.45) is 0 Å². The van der Waals surface area contributed by atoms with Crippen LogP contribution < -0.4 is 0 Å². The predicted molar refractivity (Wildman–Crippen MR) is 112 cm³/mol. The van der Waals surface area contributed by atoms with Gasteiger partial charge >= 0.3 is 17.9 Å². The smallest absolute Gasteiger partial charge is 0.323 e. The third kappa shape index (κ3) is 14.8. The SMILES string of the molecule is CCCCCCCCC(=O)N(CCN(CC(=O)OCC)CC(=O)OCC)CC(=O)O. The minimum absolute atomic E-state index is 0.0970. The van der Waals surface area contributed by atoms with Crippen molar-refractivity contribution in [1.82, 2.24) is 9.80 Å². The number of carboxylic acid groups (broad SMARTS) is 1. The lowest BCUT2D eigenvalue weighted by molar-refractivity contribution is -0.149. The van der Waals surface area contributed by atoms with Crippen molar-refractivity contribution in [3.63, 3.8) is 0 Å². The molecule has 0 rings (SSSR count). The molecule has 174 valence electrons. The Hall–Kier alpha value is -2.16. The average molecular weight is 431 g/mol. The van der Waals surface area contributed by atoms with Gasteiger partial charge in [0.15, 0.2) is 0 Å². The Morgan fingerprint density at radius 3 is 1.77 bits per heavy atom. The largest absolute Gasteiger partial charge is 0.480 e. The molecule has 9 nitrogen and oxygen atoms in total. The van der Waals surface area contributed by atoms with Crippen molar-refractivity contribution in [2.75, 3.05) is 45.9 Å². The number of rotatable bonds is 18. The Labute approximate surface area is 179 Å². The third-order valence-electron chi connectivity index (χ3n) is 4.43. The first-order chi connectivity index (χ1) is 14.3. The number of amides is 1. The number of hydrogen-bond acceptors (Lipinski definition) is 7. The number of aliphatic carboxylic acids is 1. The van der Waals surface area contributed by atoms with Crippen LogP contribution in [0.1, 0.15) is 65.7 Å². The summed E-state index contributed by atoms with van der Waals surface area (Å²) < 4.78 is 9.84. The molecule has 9 heteroatoms. The van der Waals surface area contributed by atoms with E-state index in [-0.39, 0.29) is 51.7 Å². The fourth-order valence-electron chi connectivity index (χ4n) is 2.92. The van der Waals surface area contributed by atoms with Gasteiger partial charge in [0, 0.05) is 19.5 Å². The van der Waals surface area contributed by atoms with E-state index in [1.165, 1.54) is 16.2 Å². The number of carbonyl (C=O) groups excluding carboxylic acids is 3. The average Bonchev–Trinajstić information content (AvgIpc) is 2.67. The van der Waals surface area contributed by atoms with E-state index in [1.807, 2.05) is 0 Å². The summed E-state index contributed by atoms with van der Waals surface area (Å²) in [5.41, 5.74) is 0. The molecule has 0 aromatic heterocycles. The van der Waals surface area contributed by atoms with Crippen LogP contribution in [-0.2, 0) is 28.7 Å². The molecule has 0 aromatic carbocycles. The van der Waals surface area contributed by atoms with E-state index in [0.717, 1.165) is 25.7 Å². The fourth-order valence-corrected chi connectivity index (χ4v) is 2.92. The zero-order valence-corrected chi connectivity index (χ0v) is 18.7. The van der Waals surface area contributed by atoms with Crippen LogP contribution in [0.3, 0.4) is 0 Å². The summed E-state index contributed by atoms with van der Waals surface area (Å²) in [4.78, 5) is 50.0. The van der Waals surface area contributed by atoms with Crippen molar-refractivity contribution < 1.29 is 33.8 Å². The number of nitrogens with zero attached hydrogens (tertiary/aromatic N) is 2. The van der Waals surface area contributed by atoms with E-state index in [9.17, 15) is 19.2 Å². The van der Waals surface area contributed by atoms with Gasteiger partial charge in [-0.3, -0.25) is 24.1 Å². The molecule has 0 aromatic rings. The van der Waals surface area contributed by atoms with Gasteiger partial charge in [-0.2, -0.15) is 0 Å². The van der Waals surface area contributed by atoms with Gasteiger partial charge in [0.1, 0.15) is 6.54 Å². The van der Waals surface area contributed by atoms with Gasteiger partial charge in [0.2, 0.25) is 5.91 Å². The number of carboxylic acids is 1. The summed E-state index contributed by atoms with van der Waals surface area (Å²) in [7, 11) is 0. The minimum Gasteiger partial charge on any atom is -0.480 e. The van der Waals surface area contributed by atoms with Crippen LogP contribution in [0.4, 0.5) is 0 Å². The molecule has 0 aliphatic rings. The summed E-state index contributed by atoms with van der Waals surface area (Å²) >= 11 is 0. The van der Waals surface area contributed by atoms with Gasteiger partial charge in [-0.15, -0.1) is 0 Å². The second kappa shape index (κ2) is 17.7. The maximum absolute atomic E-state index is 12.5. The third-order valence-corrected chi connectivity index (χ3v) is 4.43. The van der Waals surface area contributed by atoms with Crippen molar-refractivity contribution in [3.05, 3.63) is 0 Å². The van der Waals surface area contributed by atoms with E-state index in [1.54, 1.807) is 13.8 Å². The summed E-state index contributed by atoms with van der Waals surface area (Å²) in [6.45, 7) is 5.50. The molecule has 0 aliphatic heterocycles. The first kappa shape index (κ1) is 27.8. The van der Waals surface area contributed by atoms with Crippen molar-refractivity contribution in [1.29, 1.82) is 0 Å². The summed E-state index contributed by atoms with van der Waals surface area (Å²) in [6.07, 6.45) is 6.47. The lowest BCUT2D eigenvalue weighted by atomic mass is 10.1. The van der Waals surface area contributed by atoms with Crippen LogP contribution in [0.2, 0.25) is 0 Å². The van der Waals surface area contributed by atoms with Crippen molar-refractivity contribution >= 4 is 23.8 Å². The molecular weight excluding hydrogens is 392 g/mol. The Morgan fingerprint density at radius 1 is 0.733 bits per heavy atom. The van der Waals surface area contributed by atoms with E-state index >= 15 is 0 Å². The van der Waals surface area contributed by atoms with Gasteiger partial charge in [-0.1, -0.05) is 39.0 Å². The maximum Gasteiger partial charge on any atom is 0.323 e. The zero-order chi connectivity index (χ0) is 22.8. The summed E-state index contributed by atoms with van der Waals surface area (Å²) in [6, 6.07) is 0. The summed E-state index contributed by atoms with van der Waals surface area (Å²) in [5.74, 6) is -2.33. The van der Waals surface area contributed by atoms with Gasteiger partial charge in [-0.05, 0) is 20.3 Å². The van der Waals surface area contributed by atoms with Gasteiger partial charge in [0.25, 0.3) is 0 Å². The lowest BCUT2D eigenvalue weighted by Gasteiger charge is -2.26. The lowest BCUT2D eigenvalue weighted by Crippen LogP contribution is -2.44. The van der Waals surface area contributed by atoms with Crippen LogP contribution in [-0.4, -0.2) is 84.7 Å². The maximum atomic E-state index is 12.5.